The van der Waals surface area contributed by atoms with Crippen molar-refractivity contribution in [1.82, 2.24) is 31.9 Å². The number of hydrogen-bond donors (Lipinski definition) is 6. The van der Waals surface area contributed by atoms with Gasteiger partial charge in [-0.2, -0.15) is 0 Å². The second-order valence-electron chi connectivity index (χ2n) is 15.4. The predicted molar refractivity (Wildman–Crippen MR) is 219 cm³/mol. The van der Waals surface area contributed by atoms with E-state index in [2.05, 4.69) is 31.9 Å². The maximum absolute atomic E-state index is 13.5. The Labute approximate surface area is 322 Å². The fraction of sp³-hybridized carbons (Fsp3) is 0.571. The molecule has 0 spiro atoms. The van der Waals surface area contributed by atoms with E-state index in [0.29, 0.717) is 74.7 Å². The van der Waals surface area contributed by atoms with Crippen molar-refractivity contribution in [3.8, 4) is 0 Å². The molecule has 0 unspecified atom stereocenters. The number of carbonyl (C=O) groups excluding carboxylic acids is 4. The Morgan fingerprint density at radius 2 is 0.796 bits per heavy atom. The van der Waals surface area contributed by atoms with Gasteiger partial charge in [0.15, 0.2) is 0 Å². The molecule has 4 atom stereocenters. The summed E-state index contributed by atoms with van der Waals surface area (Å²) in [4.78, 5) is 63.6. The summed E-state index contributed by atoms with van der Waals surface area (Å²) in [5.41, 5.74) is 2.51. The molecule has 0 bridgehead atoms. The second-order valence-corrected chi connectivity index (χ2v) is 15.4. The van der Waals surface area contributed by atoms with Crippen molar-refractivity contribution in [2.75, 3.05) is 26.2 Å². The number of hydrogen-bond acceptors (Lipinski definition) is 8. The SMILES string of the molecule is CC(C)[C@@H]1N=C2C=CC=CC=C2N[C@@H](C(C)C)C(=O)NCCCCNC(=O)[C@H](C(C)C)N=C2C=CC=CC=C2N[C@@H](C(C)C)C(=O)NCCCCNC1=O. The first-order valence-electron chi connectivity index (χ1n) is 19.7. The van der Waals surface area contributed by atoms with Gasteiger partial charge in [-0.05, 0) is 73.7 Å². The van der Waals surface area contributed by atoms with Gasteiger partial charge in [-0.3, -0.25) is 29.2 Å². The number of rotatable bonds is 4. The van der Waals surface area contributed by atoms with Crippen LogP contribution in [0, 0.1) is 23.7 Å². The van der Waals surface area contributed by atoms with Crippen LogP contribution in [0.3, 0.4) is 0 Å². The van der Waals surface area contributed by atoms with E-state index in [1.807, 2.05) is 116 Å². The molecule has 0 aromatic carbocycles. The summed E-state index contributed by atoms with van der Waals surface area (Å²) >= 11 is 0. The Balaban J connectivity index is 1.86. The van der Waals surface area contributed by atoms with Gasteiger partial charge in [-0.1, -0.05) is 91.8 Å². The fourth-order valence-corrected chi connectivity index (χ4v) is 6.05. The van der Waals surface area contributed by atoms with Crippen molar-refractivity contribution < 1.29 is 19.2 Å². The van der Waals surface area contributed by atoms with Crippen molar-refractivity contribution in [1.29, 1.82) is 0 Å². The molecule has 296 valence electrons. The molecule has 1 aliphatic heterocycles. The van der Waals surface area contributed by atoms with Gasteiger partial charge in [0.1, 0.15) is 24.2 Å². The third kappa shape index (κ3) is 13.9. The Bertz CT molecular complexity index is 1430. The van der Waals surface area contributed by atoms with Crippen LogP contribution in [0.25, 0.3) is 0 Å². The Morgan fingerprint density at radius 1 is 0.463 bits per heavy atom. The summed E-state index contributed by atoms with van der Waals surface area (Å²) in [6, 6.07) is -2.36. The van der Waals surface area contributed by atoms with Crippen molar-refractivity contribution in [3.63, 3.8) is 0 Å². The van der Waals surface area contributed by atoms with Gasteiger partial charge >= 0.3 is 0 Å². The first-order chi connectivity index (χ1) is 25.8. The molecule has 4 amide bonds. The van der Waals surface area contributed by atoms with Crippen molar-refractivity contribution in [2.24, 2.45) is 33.7 Å². The highest BCUT2D eigenvalue weighted by atomic mass is 16.2. The highest BCUT2D eigenvalue weighted by Crippen LogP contribution is 2.16. The molecule has 6 N–H and O–H groups in total. The summed E-state index contributed by atoms with van der Waals surface area (Å²) in [6.45, 7) is 17.6. The van der Waals surface area contributed by atoms with E-state index in [0.717, 1.165) is 0 Å². The first kappa shape index (κ1) is 43.7. The zero-order valence-electron chi connectivity index (χ0n) is 33.6. The average molecular weight is 745 g/mol. The summed E-state index contributed by atoms with van der Waals surface area (Å²) in [6.07, 6.45) is 21.4. The molecule has 0 saturated carbocycles. The largest absolute Gasteiger partial charge is 0.372 e. The van der Waals surface area contributed by atoms with Crippen LogP contribution in [-0.2, 0) is 19.2 Å². The van der Waals surface area contributed by atoms with Crippen LogP contribution >= 0.6 is 0 Å². The smallest absolute Gasteiger partial charge is 0.245 e. The van der Waals surface area contributed by atoms with Gasteiger partial charge in [0.2, 0.25) is 23.6 Å². The van der Waals surface area contributed by atoms with Crippen molar-refractivity contribution >= 4 is 35.1 Å². The molecule has 0 aromatic rings. The minimum absolute atomic E-state index is 0.0348. The number of carbonyl (C=O) groups is 4. The van der Waals surface area contributed by atoms with Gasteiger partial charge in [0.25, 0.3) is 0 Å². The lowest BCUT2D eigenvalue weighted by molar-refractivity contribution is -0.124. The molecule has 0 radical (unpaired) electrons. The molecule has 2 aliphatic carbocycles. The molecular formula is C42H64N8O4. The number of allylic oxidation sites excluding steroid dienone is 10. The molecular weight excluding hydrogens is 681 g/mol. The molecule has 0 aromatic heterocycles. The van der Waals surface area contributed by atoms with Crippen LogP contribution in [0.15, 0.2) is 82.1 Å². The Hall–Kier alpha value is -4.74. The molecule has 12 nitrogen and oxygen atoms in total. The summed E-state index contributed by atoms with van der Waals surface area (Å²) in [7, 11) is 0. The molecule has 3 aliphatic rings. The zero-order chi connectivity index (χ0) is 39.6. The van der Waals surface area contributed by atoms with E-state index in [-0.39, 0.29) is 47.3 Å². The maximum Gasteiger partial charge on any atom is 0.245 e. The van der Waals surface area contributed by atoms with Crippen LogP contribution in [0.4, 0.5) is 0 Å². The monoisotopic (exact) mass is 745 g/mol. The zero-order valence-corrected chi connectivity index (χ0v) is 33.6. The van der Waals surface area contributed by atoms with Crippen LogP contribution in [-0.4, -0.2) is 85.4 Å². The van der Waals surface area contributed by atoms with Gasteiger partial charge in [0.05, 0.1) is 22.8 Å². The van der Waals surface area contributed by atoms with Gasteiger partial charge in [-0.25, -0.2) is 0 Å². The lowest BCUT2D eigenvalue weighted by Crippen LogP contribution is -2.48. The minimum Gasteiger partial charge on any atom is -0.372 e. The Kier molecular flexibility index (Phi) is 18.2. The van der Waals surface area contributed by atoms with Crippen LogP contribution in [0.2, 0.25) is 0 Å². The van der Waals surface area contributed by atoms with E-state index in [1.54, 1.807) is 0 Å². The standard InChI is InChI=1S/C42H64N8O4/c1-27(2)35-39(51)43-23-15-16-24-44-41(53)37(29(5)6)49-33-21-13-10-14-22-34(33)50-38(30(7)8)42(54)46-26-18-17-25-45-40(52)36(28(3)4)48-32-20-12-9-11-19-31(32)47-35/h9-14,19-22,27-30,35-38,47,50H,15-18,23-26H2,1-8H3,(H,43,51)(H,44,53)(H,45,52)(H,46,54)/t35-,36-,37-,38-/m0/s1. The fourth-order valence-electron chi connectivity index (χ4n) is 6.05. The molecule has 0 saturated heterocycles. The number of aliphatic imine (C=N–C) groups is 2. The van der Waals surface area contributed by atoms with Crippen LogP contribution < -0.4 is 31.9 Å². The van der Waals surface area contributed by atoms with Crippen molar-refractivity contribution in [3.05, 3.63) is 72.2 Å². The number of fused-ring (bicyclic) bond motifs is 2. The molecule has 0 fully saturated rings. The Morgan fingerprint density at radius 3 is 1.11 bits per heavy atom. The summed E-state index contributed by atoms with van der Waals surface area (Å²) in [5, 5.41) is 19.0. The van der Waals surface area contributed by atoms with Gasteiger partial charge in [-0.15, -0.1) is 0 Å². The molecule has 3 rings (SSSR count). The lowest BCUT2D eigenvalue weighted by Gasteiger charge is -2.26. The summed E-state index contributed by atoms with van der Waals surface area (Å²) < 4.78 is 0. The minimum atomic E-state index is -0.642. The van der Waals surface area contributed by atoms with E-state index in [1.165, 1.54) is 0 Å². The molecule has 1 heterocycles. The third-order valence-corrected chi connectivity index (χ3v) is 9.31. The van der Waals surface area contributed by atoms with E-state index >= 15 is 0 Å². The normalized spacial score (nSPS) is 24.8. The van der Waals surface area contributed by atoms with E-state index < -0.39 is 24.2 Å². The molecule has 54 heavy (non-hydrogen) atoms. The second kappa shape index (κ2) is 22.5. The summed E-state index contributed by atoms with van der Waals surface area (Å²) in [5.74, 6) is -0.826. The number of nitrogens with zero attached hydrogens (tertiary/aromatic N) is 2. The molecule has 12 heteroatoms. The topological polar surface area (TPSA) is 165 Å². The predicted octanol–water partition coefficient (Wildman–Crippen LogP) is 4.20. The van der Waals surface area contributed by atoms with Gasteiger partial charge in [0, 0.05) is 26.2 Å². The lowest BCUT2D eigenvalue weighted by atomic mass is 10.0. The van der Waals surface area contributed by atoms with Crippen molar-refractivity contribution in [2.45, 2.75) is 105 Å². The van der Waals surface area contributed by atoms with E-state index in [9.17, 15) is 19.2 Å². The number of nitrogens with one attached hydrogen (secondary N) is 6. The highest BCUT2D eigenvalue weighted by molar-refractivity contribution is 6.10. The highest BCUT2D eigenvalue weighted by Gasteiger charge is 2.28. The number of amides is 4. The van der Waals surface area contributed by atoms with E-state index in [4.69, 9.17) is 9.98 Å². The van der Waals surface area contributed by atoms with Gasteiger partial charge < -0.3 is 31.9 Å². The quantitative estimate of drug-likeness (QED) is 0.253. The van der Waals surface area contributed by atoms with Crippen LogP contribution in [0.1, 0.15) is 81.1 Å². The third-order valence-electron chi connectivity index (χ3n) is 9.31. The maximum atomic E-state index is 13.5. The van der Waals surface area contributed by atoms with Crippen LogP contribution in [0.5, 0.6) is 0 Å². The average Bonchev–Trinajstić information content (AvgIpc) is 3.48. The first-order valence-corrected chi connectivity index (χ1v) is 19.7.